The monoisotopic (exact) mass is 311 g/mol. The molecule has 0 saturated carbocycles. The molecule has 0 atom stereocenters. The van der Waals surface area contributed by atoms with E-state index in [0.29, 0.717) is 18.7 Å². The highest BCUT2D eigenvalue weighted by Gasteiger charge is 2.22. The molecule has 0 aliphatic carbocycles. The molecule has 0 unspecified atom stereocenters. The van der Waals surface area contributed by atoms with Crippen molar-refractivity contribution < 1.29 is 13.2 Å². The van der Waals surface area contributed by atoms with Crippen molar-refractivity contribution in [3.8, 4) is 0 Å². The van der Waals surface area contributed by atoms with Crippen LogP contribution in [0.4, 0.5) is 0 Å². The molecule has 1 amide bonds. The van der Waals surface area contributed by atoms with Crippen molar-refractivity contribution in [3.05, 3.63) is 29.8 Å². The van der Waals surface area contributed by atoms with Crippen LogP contribution in [0, 0.1) is 0 Å². The Labute approximate surface area is 125 Å². The van der Waals surface area contributed by atoms with Gasteiger partial charge < -0.3 is 9.80 Å². The average Bonchev–Trinajstić information content (AvgIpc) is 2.54. The highest BCUT2D eigenvalue weighted by molar-refractivity contribution is 7.89. The van der Waals surface area contributed by atoms with Crippen molar-refractivity contribution in [2.75, 3.05) is 39.8 Å². The van der Waals surface area contributed by atoms with Gasteiger partial charge in [0, 0.05) is 31.7 Å². The number of hydrogen-bond donors (Lipinski definition) is 1. The summed E-state index contributed by atoms with van der Waals surface area (Å²) in [6, 6.07) is 6.17. The number of rotatable bonds is 4. The molecule has 0 bridgehead atoms. The summed E-state index contributed by atoms with van der Waals surface area (Å²) in [5, 5.41) is 0. The molecule has 0 radical (unpaired) electrons. The zero-order chi connectivity index (χ0) is 15.5. The molecule has 1 aliphatic heterocycles. The van der Waals surface area contributed by atoms with Crippen LogP contribution in [0.25, 0.3) is 0 Å². The maximum absolute atomic E-state index is 12.5. The Morgan fingerprint density at radius 2 is 1.90 bits per heavy atom. The van der Waals surface area contributed by atoms with E-state index in [1.165, 1.54) is 19.2 Å². The summed E-state index contributed by atoms with van der Waals surface area (Å²) >= 11 is 0. The van der Waals surface area contributed by atoms with Gasteiger partial charge in [0.2, 0.25) is 10.0 Å². The molecule has 1 aromatic rings. The Kier molecular flexibility index (Phi) is 4.97. The first-order valence-electron chi connectivity index (χ1n) is 7.03. The Morgan fingerprint density at radius 3 is 2.48 bits per heavy atom. The van der Waals surface area contributed by atoms with E-state index in [4.69, 9.17) is 0 Å². The number of nitrogens with one attached hydrogen (secondary N) is 1. The molecule has 21 heavy (non-hydrogen) atoms. The summed E-state index contributed by atoms with van der Waals surface area (Å²) < 4.78 is 25.8. The van der Waals surface area contributed by atoms with E-state index in [2.05, 4.69) is 16.5 Å². The second-order valence-corrected chi connectivity index (χ2v) is 6.85. The first-order valence-corrected chi connectivity index (χ1v) is 8.51. The van der Waals surface area contributed by atoms with E-state index in [1.807, 2.05) is 0 Å². The number of carbonyl (C=O) groups is 1. The number of piperazine rings is 1. The van der Waals surface area contributed by atoms with Crippen molar-refractivity contribution in [2.24, 2.45) is 0 Å². The van der Waals surface area contributed by atoms with E-state index in [9.17, 15) is 13.2 Å². The number of sulfonamides is 1. The zero-order valence-corrected chi connectivity index (χ0v) is 13.2. The van der Waals surface area contributed by atoms with Crippen molar-refractivity contribution in [1.82, 2.24) is 14.5 Å². The molecular formula is C14H21N3O3S. The van der Waals surface area contributed by atoms with Crippen LogP contribution < -0.4 is 4.72 Å². The Morgan fingerprint density at radius 1 is 1.24 bits per heavy atom. The lowest BCUT2D eigenvalue weighted by Crippen LogP contribution is -2.48. The van der Waals surface area contributed by atoms with Crippen molar-refractivity contribution >= 4 is 15.9 Å². The third-order valence-electron chi connectivity index (χ3n) is 3.77. The van der Waals surface area contributed by atoms with Crippen LogP contribution in [0.2, 0.25) is 0 Å². The van der Waals surface area contributed by atoms with Crippen LogP contribution in [0.1, 0.15) is 17.3 Å². The first-order chi connectivity index (χ1) is 9.97. The molecule has 1 aromatic carbocycles. The largest absolute Gasteiger partial charge is 0.336 e. The van der Waals surface area contributed by atoms with E-state index in [1.54, 1.807) is 17.0 Å². The minimum absolute atomic E-state index is 0.112. The highest BCUT2D eigenvalue weighted by atomic mass is 32.2. The molecule has 1 heterocycles. The Bertz CT molecular complexity index is 608. The molecule has 0 spiro atoms. The fourth-order valence-electron chi connectivity index (χ4n) is 2.36. The quantitative estimate of drug-likeness (QED) is 0.872. The van der Waals surface area contributed by atoms with Gasteiger partial charge in [-0.1, -0.05) is 13.0 Å². The summed E-state index contributed by atoms with van der Waals surface area (Å²) in [5.74, 6) is -0.112. The van der Waals surface area contributed by atoms with Gasteiger partial charge in [-0.2, -0.15) is 0 Å². The Balaban J connectivity index is 2.15. The van der Waals surface area contributed by atoms with Gasteiger partial charge in [0.05, 0.1) is 4.90 Å². The molecule has 7 heteroatoms. The van der Waals surface area contributed by atoms with Gasteiger partial charge in [0.15, 0.2) is 0 Å². The molecule has 1 aliphatic rings. The molecule has 116 valence electrons. The van der Waals surface area contributed by atoms with Gasteiger partial charge in [-0.05, 0) is 31.8 Å². The van der Waals surface area contributed by atoms with E-state index >= 15 is 0 Å². The number of hydrogen-bond acceptors (Lipinski definition) is 4. The fourth-order valence-corrected chi connectivity index (χ4v) is 3.14. The number of benzene rings is 1. The van der Waals surface area contributed by atoms with Crippen LogP contribution in [-0.4, -0.2) is 63.9 Å². The summed E-state index contributed by atoms with van der Waals surface area (Å²) in [7, 11) is -2.17. The van der Waals surface area contributed by atoms with E-state index < -0.39 is 10.0 Å². The molecule has 1 saturated heterocycles. The lowest BCUT2D eigenvalue weighted by Gasteiger charge is -2.34. The van der Waals surface area contributed by atoms with Crippen molar-refractivity contribution in [3.63, 3.8) is 0 Å². The predicted octanol–water partition coefficient (Wildman–Crippen LogP) is 0.372. The zero-order valence-electron chi connectivity index (χ0n) is 12.4. The molecule has 0 aromatic heterocycles. The van der Waals surface area contributed by atoms with E-state index in [-0.39, 0.29) is 10.8 Å². The maximum atomic E-state index is 12.5. The lowest BCUT2D eigenvalue weighted by atomic mass is 10.2. The SMILES string of the molecule is CCN1CCN(C(=O)c2cccc(S(=O)(=O)NC)c2)CC1. The third-order valence-corrected chi connectivity index (χ3v) is 5.18. The molecular weight excluding hydrogens is 290 g/mol. The summed E-state index contributed by atoms with van der Waals surface area (Å²) in [6.45, 7) is 6.15. The maximum Gasteiger partial charge on any atom is 0.253 e. The number of carbonyl (C=O) groups excluding carboxylic acids is 1. The number of likely N-dealkylation sites (N-methyl/N-ethyl adjacent to an activating group) is 1. The van der Waals surface area contributed by atoms with Gasteiger partial charge in [0.25, 0.3) is 5.91 Å². The molecule has 2 rings (SSSR count). The standard InChI is InChI=1S/C14H21N3O3S/c1-3-16-7-9-17(10-8-16)14(18)12-5-4-6-13(11-12)21(19,20)15-2/h4-6,11,15H,3,7-10H2,1-2H3. The summed E-state index contributed by atoms with van der Waals surface area (Å²) in [6.07, 6.45) is 0. The molecule has 6 nitrogen and oxygen atoms in total. The van der Waals surface area contributed by atoms with Gasteiger partial charge in [-0.15, -0.1) is 0 Å². The van der Waals surface area contributed by atoms with Gasteiger partial charge >= 0.3 is 0 Å². The minimum Gasteiger partial charge on any atom is -0.336 e. The second-order valence-electron chi connectivity index (χ2n) is 4.96. The average molecular weight is 311 g/mol. The second kappa shape index (κ2) is 6.55. The number of nitrogens with zero attached hydrogens (tertiary/aromatic N) is 2. The van der Waals surface area contributed by atoms with Gasteiger partial charge in [-0.3, -0.25) is 4.79 Å². The molecule has 1 N–H and O–H groups in total. The summed E-state index contributed by atoms with van der Waals surface area (Å²) in [5.41, 5.74) is 0.413. The topological polar surface area (TPSA) is 69.7 Å². The van der Waals surface area contributed by atoms with Crippen molar-refractivity contribution in [2.45, 2.75) is 11.8 Å². The van der Waals surface area contributed by atoms with Crippen LogP contribution in [0.5, 0.6) is 0 Å². The minimum atomic E-state index is -3.53. The van der Waals surface area contributed by atoms with E-state index in [0.717, 1.165) is 19.6 Å². The normalized spacial score (nSPS) is 17.0. The van der Waals surface area contributed by atoms with Crippen LogP contribution in [-0.2, 0) is 10.0 Å². The molecule has 1 fully saturated rings. The van der Waals surface area contributed by atoms with Gasteiger partial charge in [0.1, 0.15) is 0 Å². The Hall–Kier alpha value is -1.44. The fraction of sp³-hybridized carbons (Fsp3) is 0.500. The van der Waals surface area contributed by atoms with Crippen molar-refractivity contribution in [1.29, 1.82) is 0 Å². The highest BCUT2D eigenvalue weighted by Crippen LogP contribution is 2.14. The van der Waals surface area contributed by atoms with Gasteiger partial charge in [-0.25, -0.2) is 13.1 Å². The van der Waals surface area contributed by atoms with Crippen LogP contribution in [0.15, 0.2) is 29.2 Å². The smallest absolute Gasteiger partial charge is 0.253 e. The predicted molar refractivity (Wildman–Crippen MR) is 80.7 cm³/mol. The summed E-state index contributed by atoms with van der Waals surface area (Å²) in [4.78, 5) is 16.6. The lowest BCUT2D eigenvalue weighted by molar-refractivity contribution is 0.0643. The van der Waals surface area contributed by atoms with Crippen LogP contribution in [0.3, 0.4) is 0 Å². The first kappa shape index (κ1) is 15.9. The third kappa shape index (κ3) is 3.61. The van der Waals surface area contributed by atoms with Crippen LogP contribution >= 0.6 is 0 Å². The number of amides is 1.